The zero-order valence-corrected chi connectivity index (χ0v) is 11.5. The van der Waals surface area contributed by atoms with E-state index in [4.69, 9.17) is 5.11 Å². The SMILES string of the molecule is O=C(O)/C=C/c1ccccc1Cc1ccc(C(F)(F)F)cc1. The van der Waals surface area contributed by atoms with Gasteiger partial charge in [-0.05, 0) is 41.3 Å². The van der Waals surface area contributed by atoms with E-state index in [0.29, 0.717) is 6.42 Å². The Morgan fingerprint density at radius 2 is 1.68 bits per heavy atom. The van der Waals surface area contributed by atoms with Crippen molar-refractivity contribution in [1.82, 2.24) is 0 Å². The topological polar surface area (TPSA) is 37.3 Å². The molecule has 0 radical (unpaired) electrons. The Morgan fingerprint density at radius 1 is 1.05 bits per heavy atom. The third kappa shape index (κ3) is 4.22. The van der Waals surface area contributed by atoms with Gasteiger partial charge in [-0.2, -0.15) is 13.2 Å². The van der Waals surface area contributed by atoms with E-state index in [-0.39, 0.29) is 0 Å². The third-order valence-corrected chi connectivity index (χ3v) is 3.14. The molecule has 0 unspecified atom stereocenters. The molecule has 2 aromatic carbocycles. The Labute approximate surface area is 125 Å². The second-order valence-electron chi connectivity index (χ2n) is 4.74. The van der Waals surface area contributed by atoms with E-state index in [0.717, 1.165) is 34.9 Å². The number of carbonyl (C=O) groups is 1. The number of carboxylic acids is 1. The van der Waals surface area contributed by atoms with Gasteiger partial charge in [-0.25, -0.2) is 4.79 Å². The lowest BCUT2D eigenvalue weighted by Gasteiger charge is -2.09. The fraction of sp³-hybridized carbons (Fsp3) is 0.118. The maximum absolute atomic E-state index is 12.5. The molecule has 2 nitrogen and oxygen atoms in total. The van der Waals surface area contributed by atoms with Crippen LogP contribution >= 0.6 is 0 Å². The second-order valence-corrected chi connectivity index (χ2v) is 4.74. The minimum Gasteiger partial charge on any atom is -0.478 e. The summed E-state index contributed by atoms with van der Waals surface area (Å²) in [5.74, 6) is -1.05. The predicted octanol–water partition coefficient (Wildman–Crippen LogP) is 4.39. The first-order chi connectivity index (χ1) is 10.4. The van der Waals surface area contributed by atoms with Crippen molar-refractivity contribution in [3.05, 3.63) is 76.9 Å². The molecule has 1 N–H and O–H groups in total. The van der Waals surface area contributed by atoms with Crippen molar-refractivity contribution in [2.24, 2.45) is 0 Å². The first-order valence-electron chi connectivity index (χ1n) is 6.51. The lowest BCUT2D eigenvalue weighted by molar-refractivity contribution is -0.137. The van der Waals surface area contributed by atoms with E-state index < -0.39 is 17.7 Å². The van der Waals surface area contributed by atoms with Crippen LogP contribution in [0.25, 0.3) is 6.08 Å². The van der Waals surface area contributed by atoms with Crippen LogP contribution in [-0.4, -0.2) is 11.1 Å². The van der Waals surface area contributed by atoms with Crippen LogP contribution in [0.15, 0.2) is 54.6 Å². The highest BCUT2D eigenvalue weighted by Gasteiger charge is 2.29. The van der Waals surface area contributed by atoms with Gasteiger partial charge in [0.1, 0.15) is 0 Å². The average Bonchev–Trinajstić information content (AvgIpc) is 2.46. The van der Waals surface area contributed by atoms with Crippen molar-refractivity contribution in [2.45, 2.75) is 12.6 Å². The van der Waals surface area contributed by atoms with Gasteiger partial charge in [-0.3, -0.25) is 0 Å². The van der Waals surface area contributed by atoms with Crippen molar-refractivity contribution in [1.29, 1.82) is 0 Å². The lowest BCUT2D eigenvalue weighted by Crippen LogP contribution is -2.04. The van der Waals surface area contributed by atoms with Gasteiger partial charge in [0.25, 0.3) is 0 Å². The van der Waals surface area contributed by atoms with Crippen LogP contribution in [-0.2, 0) is 17.4 Å². The summed E-state index contributed by atoms with van der Waals surface area (Å²) in [6.45, 7) is 0. The summed E-state index contributed by atoms with van der Waals surface area (Å²) in [4.78, 5) is 10.6. The summed E-state index contributed by atoms with van der Waals surface area (Å²) in [5.41, 5.74) is 1.61. The van der Waals surface area contributed by atoms with Gasteiger partial charge < -0.3 is 5.11 Å². The molecule has 5 heteroatoms. The molecule has 0 aliphatic heterocycles. The molecule has 0 fully saturated rings. The average molecular weight is 306 g/mol. The van der Waals surface area contributed by atoms with Crippen LogP contribution < -0.4 is 0 Å². The van der Waals surface area contributed by atoms with Crippen LogP contribution in [0.4, 0.5) is 13.2 Å². The van der Waals surface area contributed by atoms with E-state index in [9.17, 15) is 18.0 Å². The molecule has 0 heterocycles. The quantitative estimate of drug-likeness (QED) is 0.850. The summed E-state index contributed by atoms with van der Waals surface area (Å²) in [7, 11) is 0. The van der Waals surface area contributed by atoms with E-state index >= 15 is 0 Å². The third-order valence-electron chi connectivity index (χ3n) is 3.14. The molecular weight excluding hydrogens is 293 g/mol. The Hall–Kier alpha value is -2.56. The van der Waals surface area contributed by atoms with Crippen LogP contribution in [0.1, 0.15) is 22.3 Å². The van der Waals surface area contributed by atoms with Crippen LogP contribution in [0.3, 0.4) is 0 Å². The molecule has 0 spiro atoms. The predicted molar refractivity (Wildman–Crippen MR) is 77.4 cm³/mol. The van der Waals surface area contributed by atoms with Crippen molar-refractivity contribution in [3.63, 3.8) is 0 Å². The lowest BCUT2D eigenvalue weighted by atomic mass is 9.98. The van der Waals surface area contributed by atoms with Gasteiger partial charge >= 0.3 is 12.1 Å². The molecule has 2 rings (SSSR count). The van der Waals surface area contributed by atoms with E-state index in [2.05, 4.69) is 0 Å². The van der Waals surface area contributed by atoms with Crippen molar-refractivity contribution in [2.75, 3.05) is 0 Å². The zero-order valence-electron chi connectivity index (χ0n) is 11.5. The zero-order chi connectivity index (χ0) is 16.2. The summed E-state index contributed by atoms with van der Waals surface area (Å²) in [6, 6.07) is 12.1. The highest BCUT2D eigenvalue weighted by molar-refractivity contribution is 5.85. The highest BCUT2D eigenvalue weighted by atomic mass is 19.4. The molecule has 0 amide bonds. The Bertz CT molecular complexity index is 686. The maximum atomic E-state index is 12.5. The monoisotopic (exact) mass is 306 g/mol. The Kier molecular flexibility index (Phi) is 4.65. The van der Waals surface area contributed by atoms with Gasteiger partial charge in [-0.15, -0.1) is 0 Å². The van der Waals surface area contributed by atoms with Crippen molar-refractivity contribution >= 4 is 12.0 Å². The fourth-order valence-corrected chi connectivity index (χ4v) is 2.05. The van der Waals surface area contributed by atoms with Crippen LogP contribution in [0, 0.1) is 0 Å². The van der Waals surface area contributed by atoms with Gasteiger partial charge in [0, 0.05) is 6.08 Å². The molecule has 0 aliphatic rings. The first-order valence-corrected chi connectivity index (χ1v) is 6.51. The number of hydrogen-bond donors (Lipinski definition) is 1. The first kappa shape index (κ1) is 15.8. The normalized spacial score (nSPS) is 11.8. The van der Waals surface area contributed by atoms with Gasteiger partial charge in [0.05, 0.1) is 5.56 Å². The van der Waals surface area contributed by atoms with Crippen molar-refractivity contribution < 1.29 is 23.1 Å². The molecule has 2 aromatic rings. The largest absolute Gasteiger partial charge is 0.478 e. The molecule has 0 aliphatic carbocycles. The molecule has 22 heavy (non-hydrogen) atoms. The number of hydrogen-bond acceptors (Lipinski definition) is 1. The van der Waals surface area contributed by atoms with Gasteiger partial charge in [0.15, 0.2) is 0 Å². The molecule has 0 saturated carbocycles. The minimum atomic E-state index is -4.35. The fourth-order valence-electron chi connectivity index (χ4n) is 2.05. The van der Waals surface area contributed by atoms with Crippen LogP contribution in [0.2, 0.25) is 0 Å². The van der Waals surface area contributed by atoms with E-state index in [1.165, 1.54) is 18.2 Å². The standard InChI is InChI=1S/C17H13F3O2/c18-17(19,20)15-8-5-12(6-9-15)11-14-4-2-1-3-13(14)7-10-16(21)22/h1-10H,11H2,(H,21,22)/b10-7+. The Balaban J connectivity index is 2.22. The van der Waals surface area contributed by atoms with Gasteiger partial charge in [-0.1, -0.05) is 36.4 Å². The molecule has 0 aromatic heterocycles. The maximum Gasteiger partial charge on any atom is 0.416 e. The number of halogens is 3. The summed E-state index contributed by atoms with van der Waals surface area (Å²) >= 11 is 0. The molecule has 0 atom stereocenters. The highest BCUT2D eigenvalue weighted by Crippen LogP contribution is 2.29. The van der Waals surface area contributed by atoms with Crippen LogP contribution in [0.5, 0.6) is 0 Å². The molecule has 114 valence electrons. The molecular formula is C17H13F3O2. The second kappa shape index (κ2) is 6.47. The van der Waals surface area contributed by atoms with E-state index in [1.54, 1.807) is 18.2 Å². The Morgan fingerprint density at radius 3 is 2.27 bits per heavy atom. The summed E-state index contributed by atoms with van der Waals surface area (Å²) in [5, 5.41) is 8.67. The van der Waals surface area contributed by atoms with E-state index in [1.807, 2.05) is 6.07 Å². The van der Waals surface area contributed by atoms with Gasteiger partial charge in [0.2, 0.25) is 0 Å². The number of aliphatic carboxylic acids is 1. The number of carboxylic acid groups (broad SMARTS) is 1. The van der Waals surface area contributed by atoms with Crippen molar-refractivity contribution in [3.8, 4) is 0 Å². The summed E-state index contributed by atoms with van der Waals surface area (Å²) in [6.07, 6.45) is -1.41. The number of rotatable bonds is 4. The molecule has 0 bridgehead atoms. The smallest absolute Gasteiger partial charge is 0.416 e. The minimum absolute atomic E-state index is 0.429. The molecule has 0 saturated heterocycles. The summed E-state index contributed by atoms with van der Waals surface area (Å²) < 4.78 is 37.6. The number of alkyl halides is 3. The number of benzene rings is 2.